The van der Waals surface area contributed by atoms with Gasteiger partial charge in [-0.25, -0.2) is 4.98 Å². The lowest BCUT2D eigenvalue weighted by molar-refractivity contribution is 0.446. The fraction of sp³-hybridized carbons (Fsp3) is 0.194. The molecule has 10 rings (SSSR count). The van der Waals surface area contributed by atoms with Gasteiger partial charge < -0.3 is 5.11 Å². The van der Waals surface area contributed by atoms with Crippen LogP contribution in [0.25, 0.3) is 95.0 Å². The van der Waals surface area contributed by atoms with Crippen LogP contribution in [-0.2, 0) is 16.2 Å². The molecule has 352 valence electrons. The first-order valence-corrected chi connectivity index (χ1v) is 23.9. The highest BCUT2D eigenvalue weighted by atomic mass is 16.3. The smallest absolute Gasteiger partial charge is 0.149 e. The molecule has 0 aliphatic heterocycles. The Kier molecular flexibility index (Phi) is 8.82. The Hall–Kier alpha value is -7.82. The molecule has 10 aromatic rings. The van der Waals surface area contributed by atoms with E-state index >= 15 is 0 Å². The van der Waals surface area contributed by atoms with Gasteiger partial charge in [0.2, 0.25) is 0 Å². The number of aromatic nitrogens is 3. The van der Waals surface area contributed by atoms with Crippen LogP contribution in [0, 0.1) is 6.85 Å². The molecule has 0 aliphatic carbocycles. The van der Waals surface area contributed by atoms with Gasteiger partial charge >= 0.3 is 0 Å². The topological polar surface area (TPSA) is 50.9 Å². The number of nitrogens with zero attached hydrogens (tertiary/aromatic N) is 3. The lowest BCUT2D eigenvalue weighted by Gasteiger charge is -2.28. The maximum absolute atomic E-state index is 12.8. The fourth-order valence-corrected chi connectivity index (χ4v) is 9.45. The third kappa shape index (κ3) is 9.23. The predicted molar refractivity (Wildman–Crippen MR) is 299 cm³/mol. The molecule has 71 heavy (non-hydrogen) atoms. The highest BCUT2D eigenvalue weighted by molar-refractivity contribution is 5.99. The molecule has 0 unspecified atom stereocenters. The van der Waals surface area contributed by atoms with Crippen LogP contribution in [-0.4, -0.2) is 19.6 Å². The number of hydrogen-bond donors (Lipinski definition) is 1. The van der Waals surface area contributed by atoms with Crippen LogP contribution in [0.3, 0.4) is 0 Å². The van der Waals surface area contributed by atoms with Crippen molar-refractivity contribution in [2.45, 2.75) is 85.2 Å². The van der Waals surface area contributed by atoms with Crippen molar-refractivity contribution in [2.24, 2.45) is 0 Å². The van der Waals surface area contributed by atoms with E-state index in [2.05, 4.69) is 58.2 Å². The van der Waals surface area contributed by atoms with E-state index in [-0.39, 0.29) is 22.3 Å². The number of aromatic hydroxyl groups is 1. The molecule has 1 N–H and O–H groups in total. The summed E-state index contributed by atoms with van der Waals surface area (Å²) in [6.45, 7) is -0.0830. The van der Waals surface area contributed by atoms with Crippen molar-refractivity contribution in [2.75, 3.05) is 0 Å². The zero-order valence-electron chi connectivity index (χ0n) is 52.8. The van der Waals surface area contributed by atoms with Crippen LogP contribution in [0.5, 0.6) is 5.75 Å². The number of phenolic OH excluding ortho intramolecular Hbond substituents is 1. The second-order valence-corrected chi connectivity index (χ2v) is 20.4. The number of benzene rings is 8. The Morgan fingerprint density at radius 1 is 0.451 bits per heavy atom. The van der Waals surface area contributed by atoms with E-state index < -0.39 is 38.2 Å². The monoisotopic (exact) mass is 938 g/mol. The zero-order chi connectivity index (χ0) is 59.8. The zero-order valence-corrected chi connectivity index (χ0v) is 40.8. The third-order valence-electron chi connectivity index (χ3n) is 13.3. The van der Waals surface area contributed by atoms with Gasteiger partial charge in [-0.05, 0) is 139 Å². The molecule has 0 aliphatic rings. The number of para-hydroxylation sites is 1. The van der Waals surface area contributed by atoms with E-state index in [1.165, 1.54) is 24.3 Å². The molecule has 2 heterocycles. The van der Waals surface area contributed by atoms with Gasteiger partial charge in [-0.3, -0.25) is 9.55 Å². The normalized spacial score (nSPS) is 15.4. The summed E-state index contributed by atoms with van der Waals surface area (Å²) in [5.74, 6) is 0.514. The number of phenols is 1. The minimum absolute atomic E-state index is 0.0763. The minimum atomic E-state index is -3.40. The standard InChI is InChI=1S/C67H63N3O/c1-43-35-56(47-25-18-13-19-26-47)61(42-55(43)46-23-16-12-17-24-46)70-60-28-20-27-54(62(60)69-64(70)57-40-53(66(5,6)7)41-58(63(57)71)67(8,9)10)50-36-49(44-21-14-11-15-22-44)37-51(38-50)59-39-48(33-34-68-59)45-29-31-52(32-30-45)65(2,3)4/h11-42,71H,1-10H3/i1D3,2D3,3D3,4D3. The largest absolute Gasteiger partial charge is 0.507 e. The van der Waals surface area contributed by atoms with E-state index in [4.69, 9.17) is 26.4 Å². The number of hydrogen-bond acceptors (Lipinski definition) is 3. The van der Waals surface area contributed by atoms with Crippen LogP contribution in [0.1, 0.15) is 101 Å². The minimum Gasteiger partial charge on any atom is -0.507 e. The molecule has 0 spiro atoms. The molecule has 0 atom stereocenters. The first-order chi connectivity index (χ1) is 38.9. The molecule has 0 fully saturated rings. The second-order valence-electron chi connectivity index (χ2n) is 20.4. The summed E-state index contributed by atoms with van der Waals surface area (Å²) in [7, 11) is 0. The van der Waals surface area contributed by atoms with Crippen molar-refractivity contribution in [1.29, 1.82) is 0 Å². The number of fused-ring (bicyclic) bond motifs is 1. The molecule has 4 heteroatoms. The van der Waals surface area contributed by atoms with E-state index in [9.17, 15) is 5.11 Å². The first-order valence-electron chi connectivity index (χ1n) is 29.9. The summed E-state index contributed by atoms with van der Waals surface area (Å²) in [5, 5.41) is 12.8. The van der Waals surface area contributed by atoms with Gasteiger partial charge in [0, 0.05) is 44.9 Å². The van der Waals surface area contributed by atoms with Crippen LogP contribution in [0.4, 0.5) is 0 Å². The van der Waals surface area contributed by atoms with Crippen molar-refractivity contribution in [3.8, 4) is 89.7 Å². The van der Waals surface area contributed by atoms with Crippen LogP contribution < -0.4 is 0 Å². The Morgan fingerprint density at radius 3 is 1.70 bits per heavy atom. The number of rotatable bonds is 8. The van der Waals surface area contributed by atoms with Gasteiger partial charge in [0.1, 0.15) is 11.6 Å². The Balaban J connectivity index is 1.25. The molecular weight excluding hydrogens is 863 g/mol. The summed E-state index contributed by atoms with van der Waals surface area (Å²) in [6.07, 6.45) is 1.65. The van der Waals surface area contributed by atoms with Crippen LogP contribution in [0.15, 0.2) is 194 Å². The first kappa shape index (κ1) is 34.5. The molecule has 4 nitrogen and oxygen atoms in total. The Bertz CT molecular complexity index is 4000. The van der Waals surface area contributed by atoms with Crippen molar-refractivity contribution in [3.63, 3.8) is 0 Å². The maximum Gasteiger partial charge on any atom is 0.149 e. The Morgan fingerprint density at radius 2 is 1.07 bits per heavy atom. The molecule has 0 saturated carbocycles. The average Bonchev–Trinajstić information content (AvgIpc) is 1.87. The summed E-state index contributed by atoms with van der Waals surface area (Å²) in [5.41, 5.74) is 8.51. The predicted octanol–water partition coefficient (Wildman–Crippen LogP) is 18.0. The molecule has 0 amide bonds. The average molecular weight is 938 g/mol. The lowest BCUT2D eigenvalue weighted by Crippen LogP contribution is -2.17. The summed E-state index contributed by atoms with van der Waals surface area (Å²) in [6, 6.07) is 58.4. The van der Waals surface area contributed by atoms with E-state index in [0.717, 1.165) is 50.1 Å². The van der Waals surface area contributed by atoms with Crippen molar-refractivity contribution >= 4 is 11.0 Å². The summed E-state index contributed by atoms with van der Waals surface area (Å²) >= 11 is 0. The molecule has 0 bridgehead atoms. The van der Waals surface area contributed by atoms with Crippen molar-refractivity contribution in [1.82, 2.24) is 14.5 Å². The summed E-state index contributed by atoms with van der Waals surface area (Å²) < 4.78 is 103. The van der Waals surface area contributed by atoms with Crippen LogP contribution in [0.2, 0.25) is 0 Å². The number of pyridine rings is 1. The van der Waals surface area contributed by atoms with Crippen molar-refractivity contribution in [3.05, 3.63) is 217 Å². The molecule has 2 aromatic heterocycles. The third-order valence-corrected chi connectivity index (χ3v) is 13.3. The molecular formula is C67H63N3O. The highest BCUT2D eigenvalue weighted by Crippen LogP contribution is 2.47. The van der Waals surface area contributed by atoms with Gasteiger partial charge in [0.05, 0.1) is 28.0 Å². The molecule has 0 radical (unpaired) electrons. The maximum atomic E-state index is 12.8. The second kappa shape index (κ2) is 18.2. The fourth-order valence-electron chi connectivity index (χ4n) is 9.45. The van der Waals surface area contributed by atoms with Gasteiger partial charge in [0.25, 0.3) is 0 Å². The molecule has 0 saturated heterocycles. The highest BCUT2D eigenvalue weighted by Gasteiger charge is 2.30. The van der Waals surface area contributed by atoms with Gasteiger partial charge in [0.15, 0.2) is 0 Å². The van der Waals surface area contributed by atoms with Gasteiger partial charge in [-0.1, -0.05) is 196 Å². The number of aryl methyl sites for hydroxylation is 1. The summed E-state index contributed by atoms with van der Waals surface area (Å²) in [4.78, 5) is 10.5. The van der Waals surface area contributed by atoms with Gasteiger partial charge in [-0.2, -0.15) is 0 Å². The lowest BCUT2D eigenvalue weighted by atomic mass is 9.79. The Labute approximate surface area is 437 Å². The van der Waals surface area contributed by atoms with E-state index in [0.29, 0.717) is 56.1 Å². The van der Waals surface area contributed by atoms with Crippen molar-refractivity contribution < 1.29 is 21.6 Å². The SMILES string of the molecule is [2H]C([2H])([2H])c1cc(-c2ccccc2)c(-n2c(-c3cc(C(C)(C)C)cc(C(C)(C)C)c3O)nc3c(-c4cc(-c5ccccc5)cc(-c5cc(-c6ccc(C(C([2H])([2H])[2H])(C([2H])([2H])[2H])C([2H])([2H])[2H])cc6)ccn5)c4)cccc32)cc1-c1ccccc1. The van der Waals surface area contributed by atoms with Crippen LogP contribution >= 0.6 is 0 Å². The quantitative estimate of drug-likeness (QED) is 0.165. The van der Waals surface area contributed by atoms with E-state index in [1.807, 2.05) is 140 Å². The van der Waals surface area contributed by atoms with Gasteiger partial charge in [-0.15, -0.1) is 0 Å². The molecule has 8 aromatic carbocycles. The van der Waals surface area contributed by atoms with E-state index in [1.54, 1.807) is 18.3 Å². The number of imidazole rings is 1.